The summed E-state index contributed by atoms with van der Waals surface area (Å²) in [7, 11) is 0. The minimum absolute atomic E-state index is 0.511. The minimum Gasteiger partial charge on any atom is -0.367 e. The van der Waals surface area contributed by atoms with Gasteiger partial charge in [-0.25, -0.2) is 9.97 Å². The van der Waals surface area contributed by atoms with Crippen molar-refractivity contribution in [3.8, 4) is 0 Å². The van der Waals surface area contributed by atoms with Gasteiger partial charge in [0.05, 0.1) is 0 Å². The number of nitrogens with zero attached hydrogens (tertiary/aromatic N) is 2. The zero-order valence-electron chi connectivity index (χ0n) is 12.0. The smallest absolute Gasteiger partial charge is 0.137 e. The Morgan fingerprint density at radius 2 is 2.00 bits per heavy atom. The molecule has 0 saturated heterocycles. The van der Waals surface area contributed by atoms with Crippen molar-refractivity contribution in [2.45, 2.75) is 64.8 Å². The largest absolute Gasteiger partial charge is 0.367 e. The first kappa shape index (κ1) is 14.6. The lowest BCUT2D eigenvalue weighted by molar-refractivity contribution is 0.312. The summed E-state index contributed by atoms with van der Waals surface area (Å²) >= 11 is 6.15. The second-order valence-corrected chi connectivity index (χ2v) is 5.76. The van der Waals surface area contributed by atoms with E-state index in [-0.39, 0.29) is 0 Å². The fourth-order valence-electron chi connectivity index (χ4n) is 3.09. The van der Waals surface area contributed by atoms with Gasteiger partial charge in [-0.1, -0.05) is 44.7 Å². The topological polar surface area (TPSA) is 37.8 Å². The molecule has 0 amide bonds. The lowest BCUT2D eigenvalue weighted by atomic mass is 9.83. The van der Waals surface area contributed by atoms with Crippen LogP contribution in [0.15, 0.2) is 6.33 Å². The quantitative estimate of drug-likeness (QED) is 0.810. The lowest BCUT2D eigenvalue weighted by Gasteiger charge is -2.31. The molecule has 1 aliphatic carbocycles. The fraction of sp³-hybridized carbons (Fsp3) is 0.733. The number of anilines is 1. The average molecular weight is 282 g/mol. The molecule has 1 unspecified atom stereocenters. The lowest BCUT2D eigenvalue weighted by Crippen LogP contribution is -2.31. The van der Waals surface area contributed by atoms with Crippen LogP contribution in [0.1, 0.15) is 57.9 Å². The molecule has 1 aromatic heterocycles. The Bertz CT molecular complexity index is 402. The maximum atomic E-state index is 6.15. The molecule has 4 heteroatoms. The first-order valence-electron chi connectivity index (χ1n) is 7.52. The third-order valence-electron chi connectivity index (χ3n) is 4.23. The third-order valence-corrected chi connectivity index (χ3v) is 4.55. The van der Waals surface area contributed by atoms with E-state index >= 15 is 0 Å². The maximum Gasteiger partial charge on any atom is 0.137 e. The molecule has 106 valence electrons. The van der Waals surface area contributed by atoms with Crippen molar-refractivity contribution in [3.63, 3.8) is 0 Å². The first-order chi connectivity index (χ1) is 9.26. The van der Waals surface area contributed by atoms with E-state index < -0.39 is 0 Å². The molecule has 1 fully saturated rings. The molecule has 0 aliphatic heterocycles. The van der Waals surface area contributed by atoms with Gasteiger partial charge in [-0.05, 0) is 31.6 Å². The van der Waals surface area contributed by atoms with Crippen LogP contribution in [-0.4, -0.2) is 16.0 Å². The van der Waals surface area contributed by atoms with Gasteiger partial charge < -0.3 is 5.32 Å². The van der Waals surface area contributed by atoms with Crippen LogP contribution in [0.3, 0.4) is 0 Å². The Morgan fingerprint density at radius 3 is 2.63 bits per heavy atom. The summed E-state index contributed by atoms with van der Waals surface area (Å²) in [5.41, 5.74) is 1.04. The van der Waals surface area contributed by atoms with E-state index in [2.05, 4.69) is 29.1 Å². The summed E-state index contributed by atoms with van der Waals surface area (Å²) in [6.07, 6.45) is 10.4. The predicted octanol–water partition coefficient (Wildman–Crippen LogP) is 4.46. The van der Waals surface area contributed by atoms with E-state index in [0.717, 1.165) is 30.1 Å². The highest BCUT2D eigenvalue weighted by Crippen LogP contribution is 2.30. The Hall–Kier alpha value is -0.830. The predicted molar refractivity (Wildman–Crippen MR) is 80.7 cm³/mol. The van der Waals surface area contributed by atoms with Crippen LogP contribution in [0.4, 0.5) is 5.82 Å². The SMILES string of the molecule is CCc1c(Cl)ncnc1NC(CC)C1CCCCC1. The van der Waals surface area contributed by atoms with Gasteiger partial charge in [-0.15, -0.1) is 0 Å². The van der Waals surface area contributed by atoms with Gasteiger partial charge in [-0.2, -0.15) is 0 Å². The summed E-state index contributed by atoms with van der Waals surface area (Å²) in [6.45, 7) is 4.35. The summed E-state index contributed by atoms with van der Waals surface area (Å²) in [5, 5.41) is 4.21. The van der Waals surface area contributed by atoms with Crippen LogP contribution in [0.5, 0.6) is 0 Å². The normalized spacial score (nSPS) is 18.3. The summed E-state index contributed by atoms with van der Waals surface area (Å²) in [5.74, 6) is 1.71. The number of hydrogen-bond acceptors (Lipinski definition) is 3. The third kappa shape index (κ3) is 3.59. The van der Waals surface area contributed by atoms with Crippen LogP contribution in [0, 0.1) is 5.92 Å². The Kier molecular flexibility index (Phi) is 5.44. The van der Waals surface area contributed by atoms with Crippen molar-refractivity contribution >= 4 is 17.4 Å². The molecule has 0 spiro atoms. The van der Waals surface area contributed by atoms with Crippen LogP contribution in [0.2, 0.25) is 5.15 Å². The number of hydrogen-bond donors (Lipinski definition) is 1. The zero-order valence-corrected chi connectivity index (χ0v) is 12.7. The molecule has 0 radical (unpaired) electrons. The molecule has 1 aliphatic rings. The molecule has 2 rings (SSSR count). The summed E-state index contributed by atoms with van der Waals surface area (Å²) < 4.78 is 0. The molecule has 0 aromatic carbocycles. The Morgan fingerprint density at radius 1 is 1.26 bits per heavy atom. The Balaban J connectivity index is 2.11. The van der Waals surface area contributed by atoms with Crippen molar-refractivity contribution in [2.24, 2.45) is 5.92 Å². The first-order valence-corrected chi connectivity index (χ1v) is 7.90. The molecule has 1 aromatic rings. The second-order valence-electron chi connectivity index (χ2n) is 5.40. The minimum atomic E-state index is 0.511. The number of nitrogens with one attached hydrogen (secondary N) is 1. The molecule has 1 N–H and O–H groups in total. The van der Waals surface area contributed by atoms with E-state index in [1.54, 1.807) is 6.33 Å². The zero-order chi connectivity index (χ0) is 13.7. The van der Waals surface area contributed by atoms with Crippen molar-refractivity contribution in [1.29, 1.82) is 0 Å². The molecule has 1 heterocycles. The second kappa shape index (κ2) is 7.09. The van der Waals surface area contributed by atoms with E-state index in [4.69, 9.17) is 11.6 Å². The van der Waals surface area contributed by atoms with Gasteiger partial charge in [-0.3, -0.25) is 0 Å². The van der Waals surface area contributed by atoms with Crippen LogP contribution in [0.25, 0.3) is 0 Å². The number of rotatable bonds is 5. The molecular formula is C15H24ClN3. The van der Waals surface area contributed by atoms with E-state index in [1.807, 2.05) is 0 Å². The monoisotopic (exact) mass is 281 g/mol. The number of halogens is 1. The average Bonchev–Trinajstić information content (AvgIpc) is 2.46. The van der Waals surface area contributed by atoms with Crippen LogP contribution >= 0.6 is 11.6 Å². The van der Waals surface area contributed by atoms with Gasteiger partial charge in [0.15, 0.2) is 0 Å². The summed E-state index contributed by atoms with van der Waals surface area (Å²) in [6, 6.07) is 0.511. The summed E-state index contributed by atoms with van der Waals surface area (Å²) in [4.78, 5) is 8.46. The van der Waals surface area contributed by atoms with Gasteiger partial charge in [0.25, 0.3) is 0 Å². The maximum absolute atomic E-state index is 6.15. The van der Waals surface area contributed by atoms with E-state index in [0.29, 0.717) is 11.2 Å². The van der Waals surface area contributed by atoms with Gasteiger partial charge in [0.2, 0.25) is 0 Å². The van der Waals surface area contributed by atoms with Crippen LogP contribution in [-0.2, 0) is 6.42 Å². The van der Waals surface area contributed by atoms with E-state index in [9.17, 15) is 0 Å². The molecular weight excluding hydrogens is 258 g/mol. The van der Waals surface area contributed by atoms with Gasteiger partial charge in [0.1, 0.15) is 17.3 Å². The highest BCUT2D eigenvalue weighted by molar-refractivity contribution is 6.30. The Labute approximate surface area is 121 Å². The van der Waals surface area contributed by atoms with Crippen molar-refractivity contribution in [2.75, 3.05) is 5.32 Å². The van der Waals surface area contributed by atoms with Crippen molar-refractivity contribution < 1.29 is 0 Å². The van der Waals surface area contributed by atoms with Crippen LogP contribution < -0.4 is 5.32 Å². The van der Waals surface area contributed by atoms with E-state index in [1.165, 1.54) is 32.1 Å². The van der Waals surface area contributed by atoms with Gasteiger partial charge in [0, 0.05) is 11.6 Å². The molecule has 1 saturated carbocycles. The fourth-order valence-corrected chi connectivity index (χ4v) is 3.36. The van der Waals surface area contributed by atoms with Crippen molar-refractivity contribution in [1.82, 2.24) is 9.97 Å². The number of aromatic nitrogens is 2. The molecule has 19 heavy (non-hydrogen) atoms. The van der Waals surface area contributed by atoms with Gasteiger partial charge >= 0.3 is 0 Å². The highest BCUT2D eigenvalue weighted by Gasteiger charge is 2.23. The molecule has 1 atom stereocenters. The molecule has 0 bridgehead atoms. The van der Waals surface area contributed by atoms with Crippen molar-refractivity contribution in [3.05, 3.63) is 17.0 Å². The highest BCUT2D eigenvalue weighted by atomic mass is 35.5. The standard InChI is InChI=1S/C15H24ClN3/c1-3-12-14(16)17-10-18-15(12)19-13(4-2)11-8-6-5-7-9-11/h10-11,13H,3-9H2,1-2H3,(H,17,18,19). The molecule has 3 nitrogen and oxygen atoms in total.